The molecule has 9 nitrogen and oxygen atoms in total. The summed E-state index contributed by atoms with van der Waals surface area (Å²) in [7, 11) is 1.74. The largest absolute Gasteiger partial charge is 0.386 e. The zero-order valence-electron chi connectivity index (χ0n) is 17.7. The molecule has 0 aliphatic heterocycles. The van der Waals surface area contributed by atoms with Crippen molar-refractivity contribution >= 4 is 17.4 Å². The Morgan fingerprint density at radius 2 is 1.87 bits per heavy atom. The predicted octanol–water partition coefficient (Wildman–Crippen LogP) is 3.12. The van der Waals surface area contributed by atoms with E-state index < -0.39 is 11.5 Å². The number of aryl methyl sites for hydroxylation is 1. The zero-order valence-corrected chi connectivity index (χ0v) is 17.7. The lowest BCUT2D eigenvalue weighted by Gasteiger charge is -2.18. The van der Waals surface area contributed by atoms with Crippen LogP contribution in [-0.4, -0.2) is 36.8 Å². The Labute approximate surface area is 175 Å². The standard InChI is InChI=1S/C21H25N7O2/c1-14(16-12-9-13-17(22-16)23-20(29)21(2,3)4)30-25-18(15-10-7-6-8-11-15)19-24-26-27-28(19)5/h6-14H,1-5H3,(H,22,23,29). The van der Waals surface area contributed by atoms with Gasteiger partial charge in [0, 0.05) is 18.0 Å². The Morgan fingerprint density at radius 1 is 1.13 bits per heavy atom. The van der Waals surface area contributed by atoms with E-state index in [4.69, 9.17) is 4.84 Å². The maximum absolute atomic E-state index is 12.2. The first-order chi connectivity index (χ1) is 14.3. The molecule has 2 heterocycles. The maximum Gasteiger partial charge on any atom is 0.230 e. The monoisotopic (exact) mass is 407 g/mol. The molecular weight excluding hydrogens is 382 g/mol. The van der Waals surface area contributed by atoms with Crippen molar-refractivity contribution < 1.29 is 9.63 Å². The molecule has 9 heteroatoms. The molecule has 1 aromatic carbocycles. The summed E-state index contributed by atoms with van der Waals surface area (Å²) in [6.45, 7) is 7.37. The van der Waals surface area contributed by atoms with Gasteiger partial charge in [0.25, 0.3) is 0 Å². The number of amides is 1. The van der Waals surface area contributed by atoms with Crippen molar-refractivity contribution in [1.82, 2.24) is 25.2 Å². The molecule has 1 unspecified atom stereocenters. The van der Waals surface area contributed by atoms with E-state index >= 15 is 0 Å². The van der Waals surface area contributed by atoms with Crippen LogP contribution in [0.3, 0.4) is 0 Å². The van der Waals surface area contributed by atoms with E-state index in [1.165, 1.54) is 4.68 Å². The third kappa shape index (κ3) is 5.05. The summed E-state index contributed by atoms with van der Waals surface area (Å²) < 4.78 is 1.53. The molecule has 0 saturated heterocycles. The minimum atomic E-state index is -0.515. The Hall–Kier alpha value is -3.62. The highest BCUT2D eigenvalue weighted by Gasteiger charge is 2.22. The van der Waals surface area contributed by atoms with Gasteiger partial charge in [0.05, 0.1) is 5.69 Å². The molecule has 1 N–H and O–H groups in total. The lowest BCUT2D eigenvalue weighted by molar-refractivity contribution is -0.123. The third-order valence-corrected chi connectivity index (χ3v) is 4.29. The minimum absolute atomic E-state index is 0.111. The number of anilines is 1. The lowest BCUT2D eigenvalue weighted by atomic mass is 9.96. The number of pyridine rings is 1. The quantitative estimate of drug-likeness (QED) is 0.497. The molecule has 2 aromatic heterocycles. The highest BCUT2D eigenvalue weighted by atomic mass is 16.6. The predicted molar refractivity (Wildman–Crippen MR) is 113 cm³/mol. The number of nitrogens with zero attached hydrogens (tertiary/aromatic N) is 6. The van der Waals surface area contributed by atoms with Gasteiger partial charge in [-0.3, -0.25) is 4.79 Å². The number of oxime groups is 1. The van der Waals surface area contributed by atoms with Crippen molar-refractivity contribution in [3.63, 3.8) is 0 Å². The Balaban J connectivity index is 1.82. The molecule has 0 bridgehead atoms. The molecular formula is C21H25N7O2. The van der Waals surface area contributed by atoms with Crippen molar-refractivity contribution in [2.45, 2.75) is 33.8 Å². The Kier molecular flexibility index (Phi) is 6.20. The first kappa shape index (κ1) is 21.1. The SMILES string of the molecule is CC(ON=C(c1ccccc1)c1nnnn1C)c1cccc(NC(=O)C(C)(C)C)n1. The van der Waals surface area contributed by atoms with Crippen LogP contribution in [-0.2, 0) is 16.7 Å². The topological polar surface area (TPSA) is 107 Å². The summed E-state index contributed by atoms with van der Waals surface area (Å²) >= 11 is 0. The van der Waals surface area contributed by atoms with E-state index in [-0.39, 0.29) is 5.91 Å². The molecule has 0 aliphatic rings. The van der Waals surface area contributed by atoms with Crippen LogP contribution >= 0.6 is 0 Å². The van der Waals surface area contributed by atoms with Crippen LogP contribution in [0, 0.1) is 5.41 Å². The van der Waals surface area contributed by atoms with Crippen LogP contribution in [0.5, 0.6) is 0 Å². The Morgan fingerprint density at radius 3 is 2.50 bits per heavy atom. The van der Waals surface area contributed by atoms with Crippen LogP contribution in [0.2, 0.25) is 0 Å². The molecule has 0 fully saturated rings. The normalized spacial score (nSPS) is 13.0. The van der Waals surface area contributed by atoms with Crippen molar-refractivity contribution in [2.75, 3.05) is 5.32 Å². The van der Waals surface area contributed by atoms with E-state index in [0.717, 1.165) is 5.56 Å². The number of hydrogen-bond donors (Lipinski definition) is 1. The van der Waals surface area contributed by atoms with Gasteiger partial charge in [0.15, 0.2) is 11.8 Å². The fourth-order valence-electron chi connectivity index (χ4n) is 2.49. The summed E-state index contributed by atoms with van der Waals surface area (Å²) in [5.74, 6) is 0.833. The summed E-state index contributed by atoms with van der Waals surface area (Å²) in [5.41, 5.74) is 1.45. The Bertz CT molecular complexity index is 1040. The molecule has 156 valence electrons. The van der Waals surface area contributed by atoms with Gasteiger partial charge < -0.3 is 10.2 Å². The molecule has 0 spiro atoms. The molecule has 3 aromatic rings. The molecule has 1 amide bonds. The maximum atomic E-state index is 12.2. The number of nitrogens with one attached hydrogen (secondary N) is 1. The fourth-order valence-corrected chi connectivity index (χ4v) is 2.49. The molecule has 0 aliphatic carbocycles. The lowest BCUT2D eigenvalue weighted by Crippen LogP contribution is -2.28. The summed E-state index contributed by atoms with van der Waals surface area (Å²) in [5, 5.41) is 18.8. The second-order valence-corrected chi connectivity index (χ2v) is 7.83. The summed E-state index contributed by atoms with van der Waals surface area (Å²) in [6, 6.07) is 14.9. The van der Waals surface area contributed by atoms with E-state index in [0.29, 0.717) is 23.0 Å². The van der Waals surface area contributed by atoms with Gasteiger partial charge in [-0.15, -0.1) is 5.10 Å². The van der Waals surface area contributed by atoms with Crippen molar-refractivity contribution in [1.29, 1.82) is 0 Å². The molecule has 0 radical (unpaired) electrons. The van der Waals surface area contributed by atoms with Gasteiger partial charge in [0.1, 0.15) is 5.82 Å². The fraction of sp³-hybridized carbons (Fsp3) is 0.333. The number of benzene rings is 1. The second-order valence-electron chi connectivity index (χ2n) is 7.83. The third-order valence-electron chi connectivity index (χ3n) is 4.29. The van der Waals surface area contributed by atoms with Crippen LogP contribution in [0.4, 0.5) is 5.82 Å². The molecule has 0 saturated carbocycles. The minimum Gasteiger partial charge on any atom is -0.386 e. The molecule has 1 atom stereocenters. The van der Waals surface area contributed by atoms with Gasteiger partial charge in [-0.1, -0.05) is 62.3 Å². The molecule has 3 rings (SSSR count). The summed E-state index contributed by atoms with van der Waals surface area (Å²) in [4.78, 5) is 22.5. The van der Waals surface area contributed by atoms with Crippen molar-refractivity contribution in [2.24, 2.45) is 17.6 Å². The number of tetrazole rings is 1. The number of carbonyl (C=O) groups is 1. The zero-order chi connectivity index (χ0) is 21.7. The van der Waals surface area contributed by atoms with Crippen LogP contribution in [0.25, 0.3) is 0 Å². The van der Waals surface area contributed by atoms with E-state index in [1.54, 1.807) is 13.1 Å². The van der Waals surface area contributed by atoms with Crippen LogP contribution in [0.1, 0.15) is 50.9 Å². The number of aromatic nitrogens is 5. The number of rotatable bonds is 6. The van der Waals surface area contributed by atoms with Gasteiger partial charge in [-0.2, -0.15) is 0 Å². The average Bonchev–Trinajstić information content (AvgIpc) is 3.14. The van der Waals surface area contributed by atoms with Crippen LogP contribution in [0.15, 0.2) is 53.7 Å². The second kappa shape index (κ2) is 8.81. The van der Waals surface area contributed by atoms with E-state index in [2.05, 4.69) is 31.0 Å². The van der Waals surface area contributed by atoms with Crippen LogP contribution < -0.4 is 5.32 Å². The smallest absolute Gasteiger partial charge is 0.230 e. The van der Waals surface area contributed by atoms with Crippen molar-refractivity contribution in [3.05, 3.63) is 65.6 Å². The number of carbonyl (C=O) groups excluding carboxylic acids is 1. The highest BCUT2D eigenvalue weighted by Crippen LogP contribution is 2.20. The van der Waals surface area contributed by atoms with E-state index in [1.807, 2.05) is 70.2 Å². The summed E-state index contributed by atoms with van der Waals surface area (Å²) in [6.07, 6.45) is -0.462. The highest BCUT2D eigenvalue weighted by molar-refractivity contribution is 6.10. The number of hydrogen-bond acceptors (Lipinski definition) is 7. The van der Waals surface area contributed by atoms with Gasteiger partial charge >= 0.3 is 0 Å². The van der Waals surface area contributed by atoms with Gasteiger partial charge in [0.2, 0.25) is 11.7 Å². The van der Waals surface area contributed by atoms with E-state index in [9.17, 15) is 4.79 Å². The first-order valence-electron chi connectivity index (χ1n) is 9.56. The van der Waals surface area contributed by atoms with Gasteiger partial charge in [-0.05, 0) is 29.5 Å². The first-order valence-corrected chi connectivity index (χ1v) is 9.56. The average molecular weight is 407 g/mol. The molecule has 30 heavy (non-hydrogen) atoms. The van der Waals surface area contributed by atoms with Gasteiger partial charge in [-0.25, -0.2) is 9.67 Å². The van der Waals surface area contributed by atoms with Crippen molar-refractivity contribution in [3.8, 4) is 0 Å².